The molecule has 1 N–H and O–H groups in total. The average Bonchev–Trinajstić information content (AvgIpc) is 3.32. The number of hydrogen-bond donors (Lipinski definition) is 1. The maximum Gasteiger partial charge on any atom is 0.397 e. The van der Waals surface area contributed by atoms with Crippen LogP contribution in [-0.4, -0.2) is 50.7 Å². The van der Waals surface area contributed by atoms with E-state index in [1.807, 2.05) is 36.4 Å². The zero-order valence-electron chi connectivity index (χ0n) is 15.6. The minimum atomic E-state index is -4.49. The van der Waals surface area contributed by atoms with Crippen molar-refractivity contribution in [1.29, 1.82) is 0 Å². The van der Waals surface area contributed by atoms with E-state index in [9.17, 15) is 18.0 Å². The molecule has 29 heavy (non-hydrogen) atoms. The molecule has 0 saturated carbocycles. The van der Waals surface area contributed by atoms with Crippen LogP contribution in [-0.2, 0) is 4.79 Å². The van der Waals surface area contributed by atoms with Crippen LogP contribution in [0.15, 0.2) is 48.7 Å². The minimum Gasteiger partial charge on any atom is -0.367 e. The van der Waals surface area contributed by atoms with Crippen molar-refractivity contribution in [2.45, 2.75) is 31.5 Å². The lowest BCUT2D eigenvalue weighted by Crippen LogP contribution is -2.41. The molecule has 0 bridgehead atoms. The number of nitrogens with zero attached hydrogens (tertiary/aromatic N) is 4. The van der Waals surface area contributed by atoms with Crippen molar-refractivity contribution >= 4 is 17.4 Å². The molecule has 1 unspecified atom stereocenters. The molecule has 152 valence electrons. The van der Waals surface area contributed by atoms with Gasteiger partial charge in [-0.15, -0.1) is 5.10 Å². The van der Waals surface area contributed by atoms with Crippen LogP contribution in [0.25, 0.3) is 16.9 Å². The molecule has 3 heterocycles. The van der Waals surface area contributed by atoms with Crippen molar-refractivity contribution in [3.8, 4) is 11.3 Å². The van der Waals surface area contributed by atoms with Gasteiger partial charge in [-0.2, -0.15) is 13.2 Å². The number of hydrogen-bond acceptors (Lipinski definition) is 4. The topological polar surface area (TPSA) is 62.5 Å². The van der Waals surface area contributed by atoms with Crippen molar-refractivity contribution < 1.29 is 18.0 Å². The van der Waals surface area contributed by atoms with Crippen LogP contribution in [0.5, 0.6) is 0 Å². The SMILES string of the molecule is O=C(CC(F)(F)F)N1CCCC1CNc1ccc2ncc(-c3ccccc3)n2n1. The quantitative estimate of drug-likeness (QED) is 0.705. The standard InChI is InChI=1S/C20H20F3N5O/c21-20(22,23)11-19(29)27-10-4-7-15(27)12-24-17-8-9-18-25-13-16(28(18)26-17)14-5-2-1-3-6-14/h1-3,5-6,8-9,13,15H,4,7,10-12H2,(H,24,26). The van der Waals surface area contributed by atoms with Gasteiger partial charge in [-0.05, 0) is 25.0 Å². The second-order valence-corrected chi connectivity index (χ2v) is 7.05. The molecule has 1 atom stereocenters. The van der Waals surface area contributed by atoms with Gasteiger partial charge in [0.1, 0.15) is 12.2 Å². The number of likely N-dealkylation sites (tertiary alicyclic amines) is 1. The predicted octanol–water partition coefficient (Wildman–Crippen LogP) is 3.75. The lowest BCUT2D eigenvalue weighted by Gasteiger charge is -2.25. The number of benzene rings is 1. The Hall–Kier alpha value is -3.10. The third kappa shape index (κ3) is 4.33. The van der Waals surface area contributed by atoms with Gasteiger partial charge in [0.25, 0.3) is 0 Å². The molecule has 2 aromatic heterocycles. The van der Waals surface area contributed by atoms with Crippen molar-refractivity contribution in [2.24, 2.45) is 0 Å². The highest BCUT2D eigenvalue weighted by Crippen LogP contribution is 2.25. The highest BCUT2D eigenvalue weighted by molar-refractivity contribution is 5.77. The van der Waals surface area contributed by atoms with Gasteiger partial charge in [0, 0.05) is 24.7 Å². The number of anilines is 1. The van der Waals surface area contributed by atoms with E-state index in [0.717, 1.165) is 11.3 Å². The molecule has 0 radical (unpaired) electrons. The van der Waals surface area contributed by atoms with Crippen LogP contribution in [0.1, 0.15) is 19.3 Å². The number of alkyl halides is 3. The molecule has 1 aromatic carbocycles. The molecule has 1 fully saturated rings. The van der Waals surface area contributed by atoms with E-state index in [4.69, 9.17) is 0 Å². The summed E-state index contributed by atoms with van der Waals surface area (Å²) in [6.07, 6.45) is -2.79. The number of amides is 1. The Morgan fingerprint density at radius 3 is 2.72 bits per heavy atom. The second-order valence-electron chi connectivity index (χ2n) is 7.05. The normalized spacial score (nSPS) is 17.1. The highest BCUT2D eigenvalue weighted by atomic mass is 19.4. The van der Waals surface area contributed by atoms with Crippen molar-refractivity contribution in [1.82, 2.24) is 19.5 Å². The maximum atomic E-state index is 12.6. The van der Waals surface area contributed by atoms with E-state index in [1.165, 1.54) is 4.90 Å². The van der Waals surface area contributed by atoms with Crippen LogP contribution in [0.4, 0.5) is 19.0 Å². The molecule has 0 spiro atoms. The largest absolute Gasteiger partial charge is 0.397 e. The first-order chi connectivity index (χ1) is 13.9. The number of halogens is 3. The number of rotatable bonds is 5. The fourth-order valence-corrected chi connectivity index (χ4v) is 3.65. The smallest absolute Gasteiger partial charge is 0.367 e. The Morgan fingerprint density at radius 1 is 1.17 bits per heavy atom. The molecule has 1 aliphatic rings. The molecule has 6 nitrogen and oxygen atoms in total. The third-order valence-corrected chi connectivity index (χ3v) is 5.00. The summed E-state index contributed by atoms with van der Waals surface area (Å²) < 4.78 is 39.4. The highest BCUT2D eigenvalue weighted by Gasteiger charge is 2.37. The minimum absolute atomic E-state index is 0.279. The lowest BCUT2D eigenvalue weighted by atomic mass is 10.2. The molecule has 0 aliphatic carbocycles. The van der Waals surface area contributed by atoms with Gasteiger partial charge < -0.3 is 10.2 Å². The fourth-order valence-electron chi connectivity index (χ4n) is 3.65. The summed E-state index contributed by atoms with van der Waals surface area (Å²) >= 11 is 0. The van der Waals surface area contributed by atoms with Crippen LogP contribution in [0, 0.1) is 0 Å². The first-order valence-corrected chi connectivity index (χ1v) is 9.41. The summed E-state index contributed by atoms with van der Waals surface area (Å²) in [7, 11) is 0. The Kier molecular flexibility index (Phi) is 5.12. The summed E-state index contributed by atoms with van der Waals surface area (Å²) in [6, 6.07) is 13.0. The third-order valence-electron chi connectivity index (χ3n) is 5.00. The number of carbonyl (C=O) groups excluding carboxylic acids is 1. The van der Waals surface area contributed by atoms with E-state index >= 15 is 0 Å². The Morgan fingerprint density at radius 2 is 1.97 bits per heavy atom. The Bertz CT molecular complexity index is 1000. The van der Waals surface area contributed by atoms with E-state index in [2.05, 4.69) is 15.4 Å². The molecule has 9 heteroatoms. The Balaban J connectivity index is 1.48. The van der Waals surface area contributed by atoms with Gasteiger partial charge in [-0.25, -0.2) is 9.50 Å². The second kappa shape index (κ2) is 7.73. The number of nitrogens with one attached hydrogen (secondary N) is 1. The molecule has 1 amide bonds. The van der Waals surface area contributed by atoms with Gasteiger partial charge in [-0.1, -0.05) is 30.3 Å². The molecule has 4 rings (SSSR count). The summed E-state index contributed by atoms with van der Waals surface area (Å²) in [6.45, 7) is 0.699. The van der Waals surface area contributed by atoms with E-state index in [1.54, 1.807) is 16.8 Å². The van der Waals surface area contributed by atoms with Crippen LogP contribution in [0.3, 0.4) is 0 Å². The Labute approximate surface area is 165 Å². The van der Waals surface area contributed by atoms with Gasteiger partial charge in [0.05, 0.1) is 11.9 Å². The van der Waals surface area contributed by atoms with Crippen molar-refractivity contribution in [3.63, 3.8) is 0 Å². The monoisotopic (exact) mass is 403 g/mol. The van der Waals surface area contributed by atoms with Gasteiger partial charge in [0.15, 0.2) is 5.65 Å². The first-order valence-electron chi connectivity index (χ1n) is 9.41. The molecular formula is C20H20F3N5O. The molecular weight excluding hydrogens is 383 g/mol. The number of aromatic nitrogens is 3. The summed E-state index contributed by atoms with van der Waals surface area (Å²) in [5.41, 5.74) is 2.51. The van der Waals surface area contributed by atoms with E-state index in [0.29, 0.717) is 37.4 Å². The molecule has 1 aliphatic heterocycles. The van der Waals surface area contributed by atoms with Crippen LogP contribution >= 0.6 is 0 Å². The lowest BCUT2D eigenvalue weighted by molar-refractivity contribution is -0.161. The summed E-state index contributed by atoms with van der Waals surface area (Å²) in [5.74, 6) is -0.297. The van der Waals surface area contributed by atoms with Gasteiger partial charge in [-0.3, -0.25) is 4.79 Å². The molecule has 3 aromatic rings. The number of imidazole rings is 1. The number of fused-ring (bicyclic) bond motifs is 1. The first kappa shape index (κ1) is 19.2. The van der Waals surface area contributed by atoms with Crippen molar-refractivity contribution in [2.75, 3.05) is 18.4 Å². The van der Waals surface area contributed by atoms with Gasteiger partial charge in [0.2, 0.25) is 5.91 Å². The summed E-state index contributed by atoms with van der Waals surface area (Å²) in [5, 5.41) is 7.72. The number of carbonyl (C=O) groups is 1. The predicted molar refractivity (Wildman–Crippen MR) is 102 cm³/mol. The van der Waals surface area contributed by atoms with E-state index < -0.39 is 18.5 Å². The van der Waals surface area contributed by atoms with Crippen LogP contribution in [0.2, 0.25) is 0 Å². The zero-order valence-corrected chi connectivity index (χ0v) is 15.6. The fraction of sp³-hybridized carbons (Fsp3) is 0.350. The van der Waals surface area contributed by atoms with Gasteiger partial charge >= 0.3 is 6.18 Å². The zero-order chi connectivity index (χ0) is 20.4. The molecule has 1 saturated heterocycles. The van der Waals surface area contributed by atoms with Crippen LogP contribution < -0.4 is 5.32 Å². The van der Waals surface area contributed by atoms with Crippen molar-refractivity contribution in [3.05, 3.63) is 48.7 Å². The summed E-state index contributed by atoms with van der Waals surface area (Å²) in [4.78, 5) is 17.7. The average molecular weight is 403 g/mol. The van der Waals surface area contributed by atoms with E-state index in [-0.39, 0.29) is 6.04 Å². The maximum absolute atomic E-state index is 12.6.